The van der Waals surface area contributed by atoms with Gasteiger partial charge in [-0.05, 0) is 67.4 Å². The minimum atomic E-state index is -3.18. The first-order valence-corrected chi connectivity index (χ1v) is 10.5. The van der Waals surface area contributed by atoms with Gasteiger partial charge in [-0.25, -0.2) is 8.42 Å². The predicted octanol–water partition coefficient (Wildman–Crippen LogP) is 4.14. The third-order valence-corrected chi connectivity index (χ3v) is 5.41. The number of rotatable bonds is 5. The van der Waals surface area contributed by atoms with Gasteiger partial charge in [0.25, 0.3) is 0 Å². The zero-order valence-electron chi connectivity index (χ0n) is 15.0. The summed E-state index contributed by atoms with van der Waals surface area (Å²) < 4.78 is 23.2. The van der Waals surface area contributed by atoms with Crippen molar-refractivity contribution in [2.24, 2.45) is 0 Å². The average molecular weight is 377 g/mol. The molecule has 2 aromatic rings. The molecule has 6 heteroatoms. The maximum Gasteiger partial charge on any atom is 0.175 e. The third-order valence-electron chi connectivity index (χ3n) is 4.07. The van der Waals surface area contributed by atoms with Crippen molar-refractivity contribution in [1.82, 2.24) is 5.32 Å². The lowest BCUT2D eigenvalue weighted by Crippen LogP contribution is -2.32. The van der Waals surface area contributed by atoms with Crippen LogP contribution < -0.4 is 10.6 Å². The Bertz CT molecular complexity index is 859. The zero-order valence-corrected chi connectivity index (χ0v) is 16.6. The average Bonchev–Trinajstić information content (AvgIpc) is 2.55. The second-order valence-corrected chi connectivity index (χ2v) is 8.64. The first kappa shape index (κ1) is 19.4. The van der Waals surface area contributed by atoms with E-state index in [4.69, 9.17) is 12.2 Å². The van der Waals surface area contributed by atoms with E-state index < -0.39 is 9.84 Å². The highest BCUT2D eigenvalue weighted by Gasteiger charge is 2.13. The summed E-state index contributed by atoms with van der Waals surface area (Å²) in [7, 11) is -3.18. The van der Waals surface area contributed by atoms with Crippen LogP contribution in [0.15, 0.2) is 47.4 Å². The highest BCUT2D eigenvalue weighted by molar-refractivity contribution is 7.90. The number of anilines is 1. The van der Waals surface area contributed by atoms with Gasteiger partial charge in [-0.1, -0.05) is 31.2 Å². The first-order chi connectivity index (χ1) is 11.7. The molecule has 0 unspecified atom stereocenters. The van der Waals surface area contributed by atoms with E-state index in [9.17, 15) is 8.42 Å². The van der Waals surface area contributed by atoms with Crippen molar-refractivity contribution in [2.75, 3.05) is 11.6 Å². The number of aryl methyl sites for hydroxylation is 2. The number of thiocarbonyl (C=S) groups is 1. The van der Waals surface area contributed by atoms with Crippen LogP contribution in [-0.2, 0) is 9.84 Å². The van der Waals surface area contributed by atoms with E-state index in [1.165, 1.54) is 11.8 Å². The zero-order chi connectivity index (χ0) is 18.6. The van der Waals surface area contributed by atoms with E-state index in [2.05, 4.69) is 35.8 Å². The van der Waals surface area contributed by atoms with Crippen molar-refractivity contribution in [1.29, 1.82) is 0 Å². The number of hydrogen-bond acceptors (Lipinski definition) is 3. The second kappa shape index (κ2) is 7.97. The van der Waals surface area contributed by atoms with Gasteiger partial charge in [0.1, 0.15) is 0 Å². The molecular weight excluding hydrogens is 352 g/mol. The van der Waals surface area contributed by atoms with E-state index in [0.29, 0.717) is 10.0 Å². The molecule has 0 aliphatic rings. The Labute approximate surface area is 155 Å². The molecule has 0 saturated carbocycles. The molecule has 0 radical (unpaired) electrons. The summed E-state index contributed by atoms with van der Waals surface area (Å²) in [5.74, 6) is 0. The Morgan fingerprint density at radius 3 is 2.32 bits per heavy atom. The van der Waals surface area contributed by atoms with Crippen LogP contribution in [0.1, 0.15) is 36.1 Å². The fraction of sp³-hybridized carbons (Fsp3) is 0.316. The lowest BCUT2D eigenvalue weighted by Gasteiger charge is -2.21. The highest BCUT2D eigenvalue weighted by Crippen LogP contribution is 2.20. The molecule has 2 aromatic carbocycles. The molecule has 0 bridgehead atoms. The van der Waals surface area contributed by atoms with Crippen LogP contribution in [0.3, 0.4) is 0 Å². The van der Waals surface area contributed by atoms with Gasteiger partial charge in [-0.2, -0.15) is 0 Å². The van der Waals surface area contributed by atoms with Gasteiger partial charge in [0, 0.05) is 11.9 Å². The summed E-state index contributed by atoms with van der Waals surface area (Å²) in [6.07, 6.45) is 2.04. The van der Waals surface area contributed by atoms with Crippen molar-refractivity contribution in [2.45, 2.75) is 38.1 Å². The third kappa shape index (κ3) is 5.28. The summed E-state index contributed by atoms with van der Waals surface area (Å²) in [5.41, 5.74) is 4.28. The fourth-order valence-electron chi connectivity index (χ4n) is 2.56. The number of benzene rings is 2. The van der Waals surface area contributed by atoms with Crippen molar-refractivity contribution in [3.05, 3.63) is 59.2 Å². The Morgan fingerprint density at radius 1 is 1.12 bits per heavy atom. The molecule has 0 fully saturated rings. The number of hydrogen-bond donors (Lipinski definition) is 2. The van der Waals surface area contributed by atoms with Crippen molar-refractivity contribution >= 4 is 32.9 Å². The smallest absolute Gasteiger partial charge is 0.175 e. The molecule has 0 amide bonds. The molecule has 2 N–H and O–H groups in total. The lowest BCUT2D eigenvalue weighted by molar-refractivity contribution is 0.601. The summed E-state index contributed by atoms with van der Waals surface area (Å²) >= 11 is 5.45. The van der Waals surface area contributed by atoms with Crippen molar-refractivity contribution in [3.8, 4) is 0 Å². The Balaban J connectivity index is 2.11. The minimum absolute atomic E-state index is 0.0127. The number of nitrogens with one attached hydrogen (secondary N) is 2. The van der Waals surface area contributed by atoms with Gasteiger partial charge in [-0.3, -0.25) is 0 Å². The van der Waals surface area contributed by atoms with Crippen molar-refractivity contribution < 1.29 is 8.42 Å². The molecule has 0 aliphatic carbocycles. The van der Waals surface area contributed by atoms with Crippen LogP contribution in [0, 0.1) is 13.8 Å². The SMILES string of the molecule is CC[C@H](NC(=S)Nc1cc(C)ccc1C)c1ccc(S(C)(=O)=O)cc1. The van der Waals surface area contributed by atoms with Gasteiger partial charge in [-0.15, -0.1) is 0 Å². The van der Waals surface area contributed by atoms with Crippen LogP contribution in [0.2, 0.25) is 0 Å². The molecule has 0 aromatic heterocycles. The summed E-state index contributed by atoms with van der Waals surface area (Å²) in [5, 5.41) is 7.10. The molecule has 134 valence electrons. The van der Waals surface area contributed by atoms with E-state index >= 15 is 0 Å². The summed E-state index contributed by atoms with van der Waals surface area (Å²) in [4.78, 5) is 0.321. The monoisotopic (exact) mass is 376 g/mol. The van der Waals surface area contributed by atoms with E-state index in [1.807, 2.05) is 26.0 Å². The van der Waals surface area contributed by atoms with Crippen LogP contribution in [-0.4, -0.2) is 19.8 Å². The largest absolute Gasteiger partial charge is 0.356 e. The Hall–Kier alpha value is -1.92. The van der Waals surface area contributed by atoms with Crippen LogP contribution in [0.5, 0.6) is 0 Å². The van der Waals surface area contributed by atoms with E-state index in [-0.39, 0.29) is 6.04 Å². The molecular formula is C19H24N2O2S2. The molecule has 25 heavy (non-hydrogen) atoms. The Kier molecular flexibility index (Phi) is 6.19. The maximum atomic E-state index is 11.6. The predicted molar refractivity (Wildman–Crippen MR) is 108 cm³/mol. The number of sulfone groups is 1. The van der Waals surface area contributed by atoms with Gasteiger partial charge in [0.15, 0.2) is 14.9 Å². The second-order valence-electron chi connectivity index (χ2n) is 6.22. The molecule has 0 aliphatic heterocycles. The standard InChI is InChI=1S/C19H24N2O2S2/c1-5-17(15-8-10-16(11-9-15)25(4,22)23)20-19(24)21-18-12-13(2)6-7-14(18)3/h6-12,17H,5H2,1-4H3,(H2,20,21,24)/t17-/m0/s1. The highest BCUT2D eigenvalue weighted by atomic mass is 32.2. The van der Waals surface area contributed by atoms with Crippen LogP contribution >= 0.6 is 12.2 Å². The van der Waals surface area contributed by atoms with Crippen LogP contribution in [0.25, 0.3) is 0 Å². The minimum Gasteiger partial charge on any atom is -0.356 e. The molecule has 4 nitrogen and oxygen atoms in total. The quantitative estimate of drug-likeness (QED) is 0.768. The lowest BCUT2D eigenvalue weighted by atomic mass is 10.1. The van der Waals surface area contributed by atoms with Crippen LogP contribution in [0.4, 0.5) is 5.69 Å². The molecule has 0 spiro atoms. The van der Waals surface area contributed by atoms with Gasteiger partial charge in [0.2, 0.25) is 0 Å². The fourth-order valence-corrected chi connectivity index (χ4v) is 3.44. The van der Waals surface area contributed by atoms with Gasteiger partial charge >= 0.3 is 0 Å². The summed E-state index contributed by atoms with van der Waals surface area (Å²) in [6.45, 7) is 6.13. The Morgan fingerprint density at radius 2 is 1.76 bits per heavy atom. The maximum absolute atomic E-state index is 11.6. The first-order valence-electron chi connectivity index (χ1n) is 8.15. The van der Waals surface area contributed by atoms with E-state index in [1.54, 1.807) is 12.1 Å². The van der Waals surface area contributed by atoms with Gasteiger partial charge in [0.05, 0.1) is 10.9 Å². The summed E-state index contributed by atoms with van der Waals surface area (Å²) in [6, 6.07) is 13.1. The molecule has 0 saturated heterocycles. The molecule has 2 rings (SSSR count). The van der Waals surface area contributed by atoms with Gasteiger partial charge < -0.3 is 10.6 Å². The van der Waals surface area contributed by atoms with Crippen molar-refractivity contribution in [3.63, 3.8) is 0 Å². The molecule has 1 atom stereocenters. The topological polar surface area (TPSA) is 58.2 Å². The normalized spacial score (nSPS) is 12.5. The van der Waals surface area contributed by atoms with E-state index in [0.717, 1.165) is 23.2 Å². The molecule has 0 heterocycles.